The Balaban J connectivity index is 1.53. The molecule has 7 heteroatoms. The normalized spacial score (nSPS) is 14.2. The maximum absolute atomic E-state index is 13.2. The Kier molecular flexibility index (Phi) is 6.40. The number of para-hydroxylation sites is 2. The second-order valence-electron chi connectivity index (χ2n) is 6.28. The van der Waals surface area contributed by atoms with E-state index < -0.39 is 5.82 Å². The molecule has 0 aromatic heterocycles. The first-order valence-electron chi connectivity index (χ1n) is 9.02. The van der Waals surface area contributed by atoms with Gasteiger partial charge in [-0.05, 0) is 36.8 Å². The minimum absolute atomic E-state index is 0.0586. The molecule has 27 heavy (non-hydrogen) atoms. The molecule has 1 heterocycles. The number of nitrogens with zero attached hydrogens (tertiary/aromatic N) is 2. The standard InChI is InChI=1S/C20H23ClFN3O2/c1-2-27-19-6-4-3-5-18(19)24-9-11-25(12-10-24)20(26)23-14-15-7-8-17(22)16(21)13-15/h3-8,13H,2,9-12,14H2,1H3,(H,23,26). The van der Waals surface area contributed by atoms with Crippen molar-refractivity contribution in [3.63, 3.8) is 0 Å². The van der Waals surface area contributed by atoms with Crippen LogP contribution in [0.25, 0.3) is 0 Å². The third-order valence-electron chi connectivity index (χ3n) is 4.50. The number of amides is 2. The third kappa shape index (κ3) is 4.83. The lowest BCUT2D eigenvalue weighted by atomic mass is 10.2. The first kappa shape index (κ1) is 19.3. The summed E-state index contributed by atoms with van der Waals surface area (Å²) in [4.78, 5) is 16.4. The summed E-state index contributed by atoms with van der Waals surface area (Å²) < 4.78 is 18.9. The number of hydrogen-bond donors (Lipinski definition) is 1. The van der Waals surface area contributed by atoms with Gasteiger partial charge in [-0.25, -0.2) is 9.18 Å². The van der Waals surface area contributed by atoms with Crippen LogP contribution in [0.2, 0.25) is 5.02 Å². The van der Waals surface area contributed by atoms with Crippen molar-refractivity contribution < 1.29 is 13.9 Å². The summed E-state index contributed by atoms with van der Waals surface area (Å²) in [5.41, 5.74) is 1.82. The summed E-state index contributed by atoms with van der Waals surface area (Å²) in [5, 5.41) is 2.92. The van der Waals surface area contributed by atoms with Gasteiger partial charge in [0.25, 0.3) is 0 Å². The van der Waals surface area contributed by atoms with E-state index in [0.717, 1.165) is 30.1 Å². The lowest BCUT2D eigenvalue weighted by Gasteiger charge is -2.36. The van der Waals surface area contributed by atoms with E-state index >= 15 is 0 Å². The predicted octanol–water partition coefficient (Wildman–Crippen LogP) is 3.91. The highest BCUT2D eigenvalue weighted by atomic mass is 35.5. The molecular formula is C20H23ClFN3O2. The molecule has 1 N–H and O–H groups in total. The molecular weight excluding hydrogens is 369 g/mol. The van der Waals surface area contributed by atoms with Crippen molar-refractivity contribution in [1.82, 2.24) is 10.2 Å². The molecule has 1 fully saturated rings. The number of hydrogen-bond acceptors (Lipinski definition) is 3. The van der Waals surface area contributed by atoms with Crippen molar-refractivity contribution in [1.29, 1.82) is 0 Å². The fourth-order valence-electron chi connectivity index (χ4n) is 3.09. The molecule has 144 valence electrons. The quantitative estimate of drug-likeness (QED) is 0.840. The van der Waals surface area contributed by atoms with Crippen LogP contribution < -0.4 is 15.0 Å². The van der Waals surface area contributed by atoms with Crippen LogP contribution in [0.3, 0.4) is 0 Å². The van der Waals surface area contributed by atoms with Crippen molar-refractivity contribution in [2.24, 2.45) is 0 Å². The van der Waals surface area contributed by atoms with Gasteiger partial charge >= 0.3 is 6.03 Å². The van der Waals surface area contributed by atoms with E-state index in [-0.39, 0.29) is 11.1 Å². The van der Waals surface area contributed by atoms with Gasteiger partial charge in [-0.2, -0.15) is 0 Å². The van der Waals surface area contributed by atoms with Gasteiger partial charge in [0, 0.05) is 32.7 Å². The SMILES string of the molecule is CCOc1ccccc1N1CCN(C(=O)NCc2ccc(F)c(Cl)c2)CC1. The highest BCUT2D eigenvalue weighted by molar-refractivity contribution is 6.30. The number of halogens is 2. The van der Waals surface area contributed by atoms with E-state index in [1.54, 1.807) is 11.0 Å². The minimum atomic E-state index is -0.463. The molecule has 2 aromatic rings. The Labute approximate surface area is 163 Å². The summed E-state index contributed by atoms with van der Waals surface area (Å²) >= 11 is 5.77. The Morgan fingerprint density at radius 1 is 1.19 bits per heavy atom. The van der Waals surface area contributed by atoms with Gasteiger partial charge < -0.3 is 19.9 Å². The zero-order chi connectivity index (χ0) is 19.2. The molecule has 0 saturated carbocycles. The Morgan fingerprint density at radius 3 is 2.63 bits per heavy atom. The monoisotopic (exact) mass is 391 g/mol. The number of carbonyl (C=O) groups is 1. The second kappa shape index (κ2) is 8.95. The number of anilines is 1. The smallest absolute Gasteiger partial charge is 0.317 e. The second-order valence-corrected chi connectivity index (χ2v) is 6.69. The van der Waals surface area contributed by atoms with Crippen LogP contribution in [0.5, 0.6) is 5.75 Å². The molecule has 2 amide bonds. The van der Waals surface area contributed by atoms with Gasteiger partial charge in [0.05, 0.1) is 17.3 Å². The summed E-state index contributed by atoms with van der Waals surface area (Å²) in [6.45, 7) is 5.61. The molecule has 2 aromatic carbocycles. The highest BCUT2D eigenvalue weighted by Gasteiger charge is 2.22. The van der Waals surface area contributed by atoms with E-state index in [4.69, 9.17) is 16.3 Å². The number of carbonyl (C=O) groups excluding carboxylic acids is 1. The maximum Gasteiger partial charge on any atom is 0.317 e. The molecule has 1 aliphatic heterocycles. The number of urea groups is 1. The number of piperazine rings is 1. The van der Waals surface area contributed by atoms with Crippen LogP contribution in [-0.4, -0.2) is 43.7 Å². The van der Waals surface area contributed by atoms with Crippen molar-refractivity contribution >= 4 is 23.3 Å². The Hall–Kier alpha value is -2.47. The minimum Gasteiger partial charge on any atom is -0.492 e. The van der Waals surface area contributed by atoms with Gasteiger partial charge in [-0.15, -0.1) is 0 Å². The molecule has 0 aliphatic carbocycles. The summed E-state index contributed by atoms with van der Waals surface area (Å²) in [5.74, 6) is 0.404. The number of ether oxygens (including phenoxy) is 1. The van der Waals surface area contributed by atoms with Crippen LogP contribution in [0.15, 0.2) is 42.5 Å². The first-order valence-corrected chi connectivity index (χ1v) is 9.39. The molecule has 5 nitrogen and oxygen atoms in total. The largest absolute Gasteiger partial charge is 0.492 e. The van der Waals surface area contributed by atoms with Crippen LogP contribution in [0.1, 0.15) is 12.5 Å². The topological polar surface area (TPSA) is 44.8 Å². The Morgan fingerprint density at radius 2 is 1.93 bits per heavy atom. The average molecular weight is 392 g/mol. The molecule has 1 saturated heterocycles. The van der Waals surface area contributed by atoms with Crippen LogP contribution in [0, 0.1) is 5.82 Å². The molecule has 0 radical (unpaired) electrons. The van der Waals surface area contributed by atoms with Crippen molar-refractivity contribution in [2.45, 2.75) is 13.5 Å². The Bertz CT molecular complexity index is 795. The fourth-order valence-corrected chi connectivity index (χ4v) is 3.29. The van der Waals surface area contributed by atoms with Gasteiger partial charge in [-0.3, -0.25) is 0 Å². The van der Waals surface area contributed by atoms with Crippen molar-refractivity contribution in [3.05, 3.63) is 58.9 Å². The average Bonchev–Trinajstić information content (AvgIpc) is 2.69. The molecule has 0 unspecified atom stereocenters. The van der Waals surface area contributed by atoms with Crippen molar-refractivity contribution in [3.8, 4) is 5.75 Å². The molecule has 3 rings (SSSR count). The van der Waals surface area contributed by atoms with Crippen molar-refractivity contribution in [2.75, 3.05) is 37.7 Å². The lowest BCUT2D eigenvalue weighted by molar-refractivity contribution is 0.194. The predicted molar refractivity (Wildman–Crippen MR) is 105 cm³/mol. The van der Waals surface area contributed by atoms with Gasteiger partial charge in [-0.1, -0.05) is 29.8 Å². The van der Waals surface area contributed by atoms with Gasteiger partial charge in [0.15, 0.2) is 0 Å². The number of rotatable bonds is 5. The summed E-state index contributed by atoms with van der Waals surface area (Å²) in [6.07, 6.45) is 0. The maximum atomic E-state index is 13.2. The molecule has 0 spiro atoms. The molecule has 1 aliphatic rings. The summed E-state index contributed by atoms with van der Waals surface area (Å²) in [7, 11) is 0. The van der Waals surface area contributed by atoms with Gasteiger partial charge in [0.1, 0.15) is 11.6 Å². The van der Waals surface area contributed by atoms with Gasteiger partial charge in [0.2, 0.25) is 0 Å². The van der Waals surface area contributed by atoms with E-state index in [9.17, 15) is 9.18 Å². The molecule has 0 bridgehead atoms. The van der Waals surface area contributed by atoms with E-state index in [2.05, 4.69) is 10.2 Å². The number of nitrogens with one attached hydrogen (secondary N) is 1. The van der Waals surface area contributed by atoms with E-state index in [1.165, 1.54) is 12.1 Å². The highest BCUT2D eigenvalue weighted by Crippen LogP contribution is 2.28. The van der Waals surface area contributed by atoms with E-state index in [0.29, 0.717) is 26.2 Å². The molecule has 0 atom stereocenters. The third-order valence-corrected chi connectivity index (χ3v) is 4.79. The first-order chi connectivity index (χ1) is 13.1. The number of benzene rings is 2. The van der Waals surface area contributed by atoms with Crippen LogP contribution in [0.4, 0.5) is 14.9 Å². The zero-order valence-electron chi connectivity index (χ0n) is 15.3. The van der Waals surface area contributed by atoms with Crippen LogP contribution in [-0.2, 0) is 6.54 Å². The van der Waals surface area contributed by atoms with Crippen LogP contribution >= 0.6 is 11.6 Å². The zero-order valence-corrected chi connectivity index (χ0v) is 16.0. The summed E-state index contributed by atoms with van der Waals surface area (Å²) in [6, 6.07) is 12.3. The lowest BCUT2D eigenvalue weighted by Crippen LogP contribution is -2.51. The fraction of sp³-hybridized carbons (Fsp3) is 0.350. The van der Waals surface area contributed by atoms with E-state index in [1.807, 2.05) is 31.2 Å².